The molecule has 42 heavy (non-hydrogen) atoms. The fourth-order valence-electron chi connectivity index (χ4n) is 5.79. The summed E-state index contributed by atoms with van der Waals surface area (Å²) >= 11 is 0. The quantitative estimate of drug-likeness (QED) is 0.339. The molecular weight excluding hydrogens is 542 g/mol. The maximum absolute atomic E-state index is 15.9. The van der Waals surface area contributed by atoms with Gasteiger partial charge in [-0.25, -0.2) is 23.1 Å². The third kappa shape index (κ3) is 4.78. The van der Waals surface area contributed by atoms with Gasteiger partial charge in [0.2, 0.25) is 5.91 Å². The number of amides is 1. The number of carbonyl (C=O) groups excluding carboxylic acids is 1. The Morgan fingerprint density at radius 1 is 1.12 bits per heavy atom. The molecule has 1 aliphatic heterocycles. The average Bonchev–Trinajstić information content (AvgIpc) is 2.92. The zero-order chi connectivity index (χ0) is 30.5. The fraction of sp³-hybridized carbons (Fsp3) is 0.323. The van der Waals surface area contributed by atoms with Gasteiger partial charge in [-0.05, 0) is 62.6 Å². The van der Waals surface area contributed by atoms with Crippen molar-refractivity contribution >= 4 is 22.8 Å². The number of rotatable bonds is 5. The minimum atomic E-state index is -0.898. The highest BCUT2D eigenvalue weighted by Crippen LogP contribution is 2.36. The lowest BCUT2D eigenvalue weighted by Gasteiger charge is -2.44. The smallest absolute Gasteiger partial charge is 0.355 e. The summed E-state index contributed by atoms with van der Waals surface area (Å²) in [6.07, 6.45) is 2.91. The molecule has 11 heteroatoms. The number of piperazine rings is 1. The molecule has 0 bridgehead atoms. The Morgan fingerprint density at radius 2 is 1.81 bits per heavy atom. The Morgan fingerprint density at radius 3 is 2.43 bits per heavy atom. The number of aryl methyl sites for hydroxylation is 1. The van der Waals surface area contributed by atoms with Gasteiger partial charge in [0.05, 0.1) is 22.3 Å². The fourth-order valence-corrected chi connectivity index (χ4v) is 5.79. The van der Waals surface area contributed by atoms with E-state index >= 15 is 4.39 Å². The van der Waals surface area contributed by atoms with Crippen LogP contribution in [0.5, 0.6) is 5.75 Å². The van der Waals surface area contributed by atoms with Gasteiger partial charge in [0.25, 0.3) is 0 Å². The van der Waals surface area contributed by atoms with E-state index < -0.39 is 34.3 Å². The minimum Gasteiger partial charge on any atom is -0.507 e. The highest BCUT2D eigenvalue weighted by Gasteiger charge is 2.34. The summed E-state index contributed by atoms with van der Waals surface area (Å²) in [6, 6.07) is 6.03. The van der Waals surface area contributed by atoms with Gasteiger partial charge in [0.1, 0.15) is 23.1 Å². The molecule has 9 nitrogen and oxygen atoms in total. The number of pyridine rings is 2. The first kappa shape index (κ1) is 28.8. The van der Waals surface area contributed by atoms with Crippen LogP contribution in [0.2, 0.25) is 0 Å². The van der Waals surface area contributed by atoms with E-state index in [4.69, 9.17) is 0 Å². The molecule has 1 saturated heterocycles. The lowest BCUT2D eigenvalue weighted by Crippen LogP contribution is -2.58. The molecular formula is C31H32F2N6O3. The molecule has 1 amide bonds. The van der Waals surface area contributed by atoms with Gasteiger partial charge in [-0.2, -0.15) is 4.98 Å². The largest absolute Gasteiger partial charge is 0.507 e. The Labute approximate surface area is 241 Å². The van der Waals surface area contributed by atoms with Gasteiger partial charge in [-0.1, -0.05) is 26.5 Å². The van der Waals surface area contributed by atoms with Crippen LogP contribution in [0.1, 0.15) is 44.9 Å². The number of phenolic OH excluding ortho intramolecular Hbond substituents is 1. The first-order valence-corrected chi connectivity index (χ1v) is 13.7. The van der Waals surface area contributed by atoms with Crippen molar-refractivity contribution in [2.45, 2.75) is 52.6 Å². The number of aromatic nitrogens is 4. The van der Waals surface area contributed by atoms with E-state index in [2.05, 4.69) is 21.5 Å². The summed E-state index contributed by atoms with van der Waals surface area (Å²) in [4.78, 5) is 43.4. The second-order valence-corrected chi connectivity index (χ2v) is 10.9. The molecule has 3 aromatic heterocycles. The predicted octanol–water partition coefficient (Wildman–Crippen LogP) is 4.87. The molecule has 1 N–H and O–H groups in total. The van der Waals surface area contributed by atoms with Gasteiger partial charge < -0.3 is 14.9 Å². The van der Waals surface area contributed by atoms with Crippen LogP contribution in [-0.4, -0.2) is 60.6 Å². The Kier molecular flexibility index (Phi) is 7.53. The van der Waals surface area contributed by atoms with Crippen molar-refractivity contribution in [1.29, 1.82) is 0 Å². The van der Waals surface area contributed by atoms with Crippen LogP contribution in [0, 0.1) is 18.6 Å². The van der Waals surface area contributed by atoms with Gasteiger partial charge in [-0.3, -0.25) is 9.78 Å². The monoisotopic (exact) mass is 574 g/mol. The van der Waals surface area contributed by atoms with Crippen LogP contribution in [0.25, 0.3) is 28.0 Å². The Bertz CT molecular complexity index is 1760. The van der Waals surface area contributed by atoms with Gasteiger partial charge in [0.15, 0.2) is 11.5 Å². The maximum atomic E-state index is 15.9. The van der Waals surface area contributed by atoms with Crippen molar-refractivity contribution < 1.29 is 18.7 Å². The van der Waals surface area contributed by atoms with Crippen molar-refractivity contribution in [3.63, 3.8) is 0 Å². The highest BCUT2D eigenvalue weighted by atomic mass is 19.1. The third-order valence-corrected chi connectivity index (χ3v) is 7.60. The molecule has 2 atom stereocenters. The van der Waals surface area contributed by atoms with E-state index in [1.165, 1.54) is 28.8 Å². The number of nitrogens with zero attached hydrogens (tertiary/aromatic N) is 6. The topological polar surface area (TPSA) is 104 Å². The van der Waals surface area contributed by atoms with E-state index in [1.54, 1.807) is 17.2 Å². The van der Waals surface area contributed by atoms with Gasteiger partial charge in [-0.15, -0.1) is 0 Å². The van der Waals surface area contributed by atoms with Crippen molar-refractivity contribution in [1.82, 2.24) is 24.4 Å². The number of fused-ring (bicyclic) bond motifs is 1. The Balaban J connectivity index is 1.83. The standard InChI is InChI=1S/C31H32F2N6O3/c1-7-24(41)38-18(5)14-37(15-19(38)6)29-20-13-22(33)27(25-21(32)9-8-10-23(25)40)35-30(20)39(31(42)36-29)28-17(4)11-12-34-26(28)16(2)3/h7-13,16,18-19,40H,1,14-15H2,2-6H3/t18-,19+. The van der Waals surface area contributed by atoms with Crippen LogP contribution >= 0.6 is 0 Å². The summed E-state index contributed by atoms with van der Waals surface area (Å²) in [5, 5.41) is 10.7. The normalized spacial score (nSPS) is 17.2. The zero-order valence-corrected chi connectivity index (χ0v) is 24.1. The number of anilines is 1. The number of hydrogen-bond acceptors (Lipinski definition) is 7. The van der Waals surface area contributed by atoms with E-state index in [1.807, 2.05) is 39.5 Å². The van der Waals surface area contributed by atoms with Crippen molar-refractivity contribution in [2.24, 2.45) is 0 Å². The van der Waals surface area contributed by atoms with E-state index in [0.29, 0.717) is 30.0 Å². The molecule has 0 radical (unpaired) electrons. The summed E-state index contributed by atoms with van der Waals surface area (Å²) in [5.74, 6) is -2.36. The first-order valence-electron chi connectivity index (χ1n) is 13.7. The van der Waals surface area contributed by atoms with Crippen LogP contribution in [0.3, 0.4) is 0 Å². The van der Waals surface area contributed by atoms with Crippen molar-refractivity contribution in [3.8, 4) is 22.7 Å². The van der Waals surface area contributed by atoms with Crippen LogP contribution in [-0.2, 0) is 4.79 Å². The molecule has 0 spiro atoms. The van der Waals surface area contributed by atoms with E-state index in [-0.39, 0.29) is 40.8 Å². The van der Waals surface area contributed by atoms with Gasteiger partial charge in [0, 0.05) is 31.4 Å². The van der Waals surface area contributed by atoms with E-state index in [0.717, 1.165) is 6.07 Å². The molecule has 1 aromatic carbocycles. The number of halogens is 2. The lowest BCUT2D eigenvalue weighted by molar-refractivity contribution is -0.130. The molecule has 0 aliphatic carbocycles. The lowest BCUT2D eigenvalue weighted by atomic mass is 10.0. The highest BCUT2D eigenvalue weighted by molar-refractivity contribution is 5.91. The number of benzene rings is 1. The molecule has 0 saturated carbocycles. The number of hydrogen-bond donors (Lipinski definition) is 1. The summed E-state index contributed by atoms with van der Waals surface area (Å²) in [6.45, 7) is 13.7. The van der Waals surface area contributed by atoms with E-state index in [9.17, 15) is 19.1 Å². The molecule has 1 fully saturated rings. The molecule has 0 unspecified atom stereocenters. The van der Waals surface area contributed by atoms with Crippen molar-refractivity contribution in [3.05, 3.63) is 82.6 Å². The third-order valence-electron chi connectivity index (χ3n) is 7.60. The summed E-state index contributed by atoms with van der Waals surface area (Å²) < 4.78 is 32.1. The average molecular weight is 575 g/mol. The van der Waals surface area contributed by atoms with Crippen LogP contribution < -0.4 is 10.6 Å². The van der Waals surface area contributed by atoms with Crippen molar-refractivity contribution in [2.75, 3.05) is 18.0 Å². The Hall–Kier alpha value is -4.67. The predicted molar refractivity (Wildman–Crippen MR) is 157 cm³/mol. The molecule has 4 aromatic rings. The van der Waals surface area contributed by atoms with Gasteiger partial charge >= 0.3 is 5.69 Å². The first-order chi connectivity index (χ1) is 19.9. The molecule has 5 rings (SSSR count). The number of phenols is 1. The second-order valence-electron chi connectivity index (χ2n) is 10.9. The summed E-state index contributed by atoms with van der Waals surface area (Å²) in [7, 11) is 0. The number of aromatic hydroxyl groups is 1. The summed E-state index contributed by atoms with van der Waals surface area (Å²) in [5.41, 5.74) is 0.266. The van der Waals surface area contributed by atoms with Crippen LogP contribution in [0.4, 0.5) is 14.6 Å². The molecule has 218 valence electrons. The second kappa shape index (κ2) is 11.0. The SMILES string of the molecule is C=CC(=O)N1[C@H](C)CN(c2nc(=O)n(-c3c(C)ccnc3C(C)C)c3nc(-c4c(O)cccc4F)c(F)cc23)C[C@@H]1C. The molecule has 4 heterocycles. The zero-order valence-electron chi connectivity index (χ0n) is 24.1. The number of carbonyl (C=O) groups is 1. The maximum Gasteiger partial charge on any atom is 0.355 e. The molecule has 1 aliphatic rings. The van der Waals surface area contributed by atoms with Crippen LogP contribution in [0.15, 0.2) is 54.0 Å². The minimum absolute atomic E-state index is 0.0342.